The van der Waals surface area contributed by atoms with Crippen LogP contribution >= 0.6 is 11.3 Å². The van der Waals surface area contributed by atoms with Gasteiger partial charge >= 0.3 is 6.18 Å². The number of halogens is 3. The molecular weight excluding hydrogens is 287 g/mol. The lowest BCUT2D eigenvalue weighted by Crippen LogP contribution is -2.05. The van der Waals surface area contributed by atoms with Gasteiger partial charge in [-0.25, -0.2) is 4.98 Å². The van der Waals surface area contributed by atoms with Gasteiger partial charge in [-0.2, -0.15) is 13.2 Å². The third-order valence-corrected chi connectivity index (χ3v) is 3.63. The van der Waals surface area contributed by atoms with Crippen molar-refractivity contribution >= 4 is 17.1 Å². The maximum absolute atomic E-state index is 12.6. The van der Waals surface area contributed by atoms with Crippen molar-refractivity contribution in [2.75, 3.05) is 0 Å². The second kappa shape index (κ2) is 5.75. The molecule has 0 atom stereocenters. The van der Waals surface area contributed by atoms with Gasteiger partial charge in [0.25, 0.3) is 0 Å². The van der Waals surface area contributed by atoms with E-state index in [1.165, 1.54) is 24.3 Å². The van der Waals surface area contributed by atoms with Gasteiger partial charge in [-0.3, -0.25) is 4.79 Å². The summed E-state index contributed by atoms with van der Waals surface area (Å²) in [5.74, 6) is 0.0410. The smallest absolute Gasteiger partial charge is 0.300 e. The number of ketones is 1. The number of carbonyl (C=O) groups is 1. The highest BCUT2D eigenvalue weighted by Crippen LogP contribution is 2.30. The van der Waals surface area contributed by atoms with E-state index in [1.54, 1.807) is 12.3 Å². The van der Waals surface area contributed by atoms with E-state index in [1.807, 2.05) is 0 Å². The zero-order chi connectivity index (χ0) is 14.8. The first-order chi connectivity index (χ1) is 9.34. The van der Waals surface area contributed by atoms with Crippen molar-refractivity contribution in [2.45, 2.75) is 25.9 Å². The lowest BCUT2D eigenvalue weighted by molar-refractivity contribution is -0.137. The van der Waals surface area contributed by atoms with Crippen molar-refractivity contribution in [3.05, 3.63) is 51.5 Å². The Morgan fingerprint density at radius 1 is 1.35 bits per heavy atom. The van der Waals surface area contributed by atoms with Crippen LogP contribution in [0.2, 0.25) is 0 Å². The summed E-state index contributed by atoms with van der Waals surface area (Å²) < 4.78 is 37.8. The number of benzene rings is 1. The maximum Gasteiger partial charge on any atom is 0.416 e. The van der Waals surface area contributed by atoms with Gasteiger partial charge in [-0.15, -0.1) is 11.3 Å². The fourth-order valence-corrected chi connectivity index (χ4v) is 2.82. The Morgan fingerprint density at radius 2 is 2.10 bits per heavy atom. The highest BCUT2D eigenvalue weighted by Gasteiger charge is 2.30. The van der Waals surface area contributed by atoms with Crippen molar-refractivity contribution in [2.24, 2.45) is 0 Å². The zero-order valence-electron chi connectivity index (χ0n) is 10.7. The molecule has 20 heavy (non-hydrogen) atoms. The lowest BCUT2D eigenvalue weighted by atomic mass is 10.1. The van der Waals surface area contributed by atoms with E-state index in [9.17, 15) is 18.0 Å². The van der Waals surface area contributed by atoms with E-state index in [0.717, 1.165) is 17.0 Å². The molecular formula is C14H12F3NOS. The summed E-state index contributed by atoms with van der Waals surface area (Å²) in [7, 11) is 0. The number of nitrogens with zero attached hydrogens (tertiary/aromatic N) is 1. The number of rotatable bonds is 4. The number of thiazole rings is 1. The second-order valence-corrected chi connectivity index (χ2v) is 5.67. The van der Waals surface area contributed by atoms with Crippen LogP contribution in [0, 0.1) is 0 Å². The number of hydrogen-bond donors (Lipinski definition) is 0. The van der Waals surface area contributed by atoms with Gasteiger partial charge in [-0.05, 0) is 18.6 Å². The SMILES string of the molecule is CC(=O)Cc1cnc(Cc2cccc(C(F)(F)F)c2)s1. The molecule has 2 aromatic rings. The molecule has 0 unspecified atom stereocenters. The van der Waals surface area contributed by atoms with Crippen LogP contribution in [-0.2, 0) is 23.8 Å². The molecule has 0 saturated carbocycles. The highest BCUT2D eigenvalue weighted by atomic mass is 32.1. The molecule has 0 aliphatic carbocycles. The summed E-state index contributed by atoms with van der Waals surface area (Å²) in [4.78, 5) is 16.0. The number of carbonyl (C=O) groups excluding carboxylic acids is 1. The Morgan fingerprint density at radius 3 is 2.75 bits per heavy atom. The fourth-order valence-electron chi connectivity index (χ4n) is 1.79. The number of hydrogen-bond acceptors (Lipinski definition) is 3. The van der Waals surface area contributed by atoms with E-state index in [2.05, 4.69) is 4.98 Å². The molecule has 2 nitrogen and oxygen atoms in total. The normalized spacial score (nSPS) is 11.6. The van der Waals surface area contributed by atoms with E-state index in [4.69, 9.17) is 0 Å². The molecule has 6 heteroatoms. The van der Waals surface area contributed by atoms with Crippen LogP contribution in [0.25, 0.3) is 0 Å². The predicted molar refractivity (Wildman–Crippen MR) is 70.7 cm³/mol. The first kappa shape index (κ1) is 14.7. The standard InChI is InChI=1S/C14H12F3NOS/c1-9(19)5-12-8-18-13(20-12)7-10-3-2-4-11(6-10)14(15,16)17/h2-4,6,8H,5,7H2,1H3. The van der Waals surface area contributed by atoms with E-state index >= 15 is 0 Å². The van der Waals surface area contributed by atoms with Gasteiger partial charge < -0.3 is 0 Å². The Hall–Kier alpha value is -1.69. The predicted octanol–water partition coefficient (Wildman–Crippen LogP) is 3.88. The lowest BCUT2D eigenvalue weighted by Gasteiger charge is -2.07. The molecule has 0 aliphatic heterocycles. The van der Waals surface area contributed by atoms with Crippen molar-refractivity contribution in [3.63, 3.8) is 0 Å². The van der Waals surface area contributed by atoms with E-state index < -0.39 is 11.7 Å². The summed E-state index contributed by atoms with van der Waals surface area (Å²) in [6, 6.07) is 5.21. The number of alkyl halides is 3. The Balaban J connectivity index is 2.14. The number of aromatic nitrogens is 1. The van der Waals surface area contributed by atoms with E-state index in [-0.39, 0.29) is 5.78 Å². The summed E-state index contributed by atoms with van der Waals surface area (Å²) in [5, 5.41) is 0.709. The molecule has 0 N–H and O–H groups in total. The van der Waals surface area contributed by atoms with Gasteiger partial charge in [0.15, 0.2) is 0 Å². The van der Waals surface area contributed by atoms with Gasteiger partial charge in [0.2, 0.25) is 0 Å². The monoisotopic (exact) mass is 299 g/mol. The molecule has 0 radical (unpaired) electrons. The first-order valence-corrected chi connectivity index (χ1v) is 6.75. The summed E-state index contributed by atoms with van der Waals surface area (Å²) in [5.41, 5.74) is -0.0981. The molecule has 1 aromatic carbocycles. The van der Waals surface area contributed by atoms with Crippen LogP contribution in [0.1, 0.15) is 27.9 Å². The molecule has 106 valence electrons. The largest absolute Gasteiger partial charge is 0.416 e. The van der Waals surface area contributed by atoms with Crippen molar-refractivity contribution in [1.82, 2.24) is 4.98 Å². The highest BCUT2D eigenvalue weighted by molar-refractivity contribution is 7.11. The van der Waals surface area contributed by atoms with Crippen LogP contribution in [0.3, 0.4) is 0 Å². The van der Waals surface area contributed by atoms with E-state index in [0.29, 0.717) is 23.4 Å². The van der Waals surface area contributed by atoms with Gasteiger partial charge in [-0.1, -0.05) is 18.2 Å². The van der Waals surface area contributed by atoms with Crippen molar-refractivity contribution in [1.29, 1.82) is 0 Å². The molecule has 0 aliphatic rings. The summed E-state index contributed by atoms with van der Waals surface area (Å²) in [6.45, 7) is 1.49. The Labute approximate surface area is 118 Å². The first-order valence-electron chi connectivity index (χ1n) is 5.94. The minimum Gasteiger partial charge on any atom is -0.300 e. The second-order valence-electron chi connectivity index (χ2n) is 4.47. The zero-order valence-corrected chi connectivity index (χ0v) is 11.5. The van der Waals surface area contributed by atoms with Crippen molar-refractivity contribution in [3.8, 4) is 0 Å². The van der Waals surface area contributed by atoms with Crippen LogP contribution in [0.4, 0.5) is 13.2 Å². The Bertz CT molecular complexity index is 619. The maximum atomic E-state index is 12.6. The van der Waals surface area contributed by atoms with Crippen molar-refractivity contribution < 1.29 is 18.0 Å². The van der Waals surface area contributed by atoms with Crippen LogP contribution < -0.4 is 0 Å². The summed E-state index contributed by atoms with van der Waals surface area (Å²) in [6.07, 6.45) is -2.07. The van der Waals surface area contributed by atoms with Gasteiger partial charge in [0.1, 0.15) is 5.78 Å². The van der Waals surface area contributed by atoms with Gasteiger partial charge in [0, 0.05) is 23.9 Å². The molecule has 0 bridgehead atoms. The molecule has 1 heterocycles. The van der Waals surface area contributed by atoms with Crippen LogP contribution in [0.15, 0.2) is 30.5 Å². The minimum absolute atomic E-state index is 0.0410. The topological polar surface area (TPSA) is 30.0 Å². The third kappa shape index (κ3) is 3.90. The molecule has 0 fully saturated rings. The van der Waals surface area contributed by atoms with Crippen LogP contribution in [0.5, 0.6) is 0 Å². The average molecular weight is 299 g/mol. The molecule has 1 aromatic heterocycles. The molecule has 2 rings (SSSR count). The third-order valence-electron chi connectivity index (χ3n) is 2.63. The Kier molecular flexibility index (Phi) is 4.23. The average Bonchev–Trinajstić information content (AvgIpc) is 2.75. The quantitative estimate of drug-likeness (QED) is 0.857. The fraction of sp³-hybridized carbons (Fsp3) is 0.286. The minimum atomic E-state index is -4.33. The number of Topliss-reactive ketones (excluding diaryl/α,β-unsaturated/α-hetero) is 1. The molecule has 0 amide bonds. The molecule has 0 spiro atoms. The summed E-state index contributed by atoms with van der Waals surface area (Å²) >= 11 is 1.36. The molecule has 0 saturated heterocycles. The van der Waals surface area contributed by atoms with Crippen LogP contribution in [-0.4, -0.2) is 10.8 Å². The van der Waals surface area contributed by atoms with Gasteiger partial charge in [0.05, 0.1) is 10.6 Å².